The van der Waals surface area contributed by atoms with Gasteiger partial charge in [-0.05, 0) is 43.3 Å². The van der Waals surface area contributed by atoms with Gasteiger partial charge in [-0.1, -0.05) is 34.1 Å². The van der Waals surface area contributed by atoms with E-state index in [1.54, 1.807) is 35.0 Å². The van der Waals surface area contributed by atoms with Crippen LogP contribution in [-0.4, -0.2) is 25.1 Å². The van der Waals surface area contributed by atoms with E-state index >= 15 is 0 Å². The van der Waals surface area contributed by atoms with Crippen LogP contribution in [0, 0.1) is 12.7 Å². The van der Waals surface area contributed by atoms with Crippen molar-refractivity contribution >= 4 is 11.6 Å². The first-order valence-electron chi connectivity index (χ1n) is 7.41. The van der Waals surface area contributed by atoms with Crippen molar-refractivity contribution in [3.8, 4) is 28.7 Å². The van der Waals surface area contributed by atoms with Crippen LogP contribution in [0.25, 0.3) is 28.7 Å². The minimum Gasteiger partial charge on any atom is -0.332 e. The average Bonchev–Trinajstić information content (AvgIpc) is 3.23. The second-order valence-electron chi connectivity index (χ2n) is 5.31. The Balaban J connectivity index is 1.72. The SMILES string of the molecule is Cc1c(-c2nc(-c3ccccc3F)no2)nnn1-c1ccc(Cl)cc1. The number of benzene rings is 2. The number of hydrogen-bond donors (Lipinski definition) is 0. The molecule has 0 saturated heterocycles. The number of halogens is 2. The zero-order valence-electron chi connectivity index (χ0n) is 13.0. The topological polar surface area (TPSA) is 69.6 Å². The van der Waals surface area contributed by atoms with Crippen LogP contribution in [0.3, 0.4) is 0 Å². The van der Waals surface area contributed by atoms with E-state index in [0.717, 1.165) is 5.69 Å². The van der Waals surface area contributed by atoms with Crippen LogP contribution in [0.2, 0.25) is 5.02 Å². The second kappa shape index (κ2) is 6.10. The normalized spacial score (nSPS) is 11.0. The highest BCUT2D eigenvalue weighted by Gasteiger charge is 2.20. The molecule has 0 amide bonds. The second-order valence-corrected chi connectivity index (χ2v) is 5.75. The summed E-state index contributed by atoms with van der Waals surface area (Å²) in [5.74, 6) is -0.0825. The molecule has 0 aliphatic heterocycles. The Bertz CT molecular complexity index is 1040. The van der Waals surface area contributed by atoms with E-state index in [9.17, 15) is 4.39 Å². The van der Waals surface area contributed by atoms with Gasteiger partial charge in [-0.2, -0.15) is 4.98 Å². The number of hydrogen-bond acceptors (Lipinski definition) is 5. The molecule has 2 aromatic heterocycles. The predicted molar refractivity (Wildman–Crippen MR) is 89.8 cm³/mol. The molecule has 4 rings (SSSR count). The molecule has 0 radical (unpaired) electrons. The Kier molecular flexibility index (Phi) is 3.77. The zero-order valence-corrected chi connectivity index (χ0v) is 13.8. The first-order valence-corrected chi connectivity index (χ1v) is 7.78. The summed E-state index contributed by atoms with van der Waals surface area (Å²) in [7, 11) is 0. The van der Waals surface area contributed by atoms with Crippen molar-refractivity contribution in [1.29, 1.82) is 0 Å². The number of aromatic nitrogens is 5. The van der Waals surface area contributed by atoms with E-state index in [4.69, 9.17) is 16.1 Å². The van der Waals surface area contributed by atoms with Crippen molar-refractivity contribution in [3.63, 3.8) is 0 Å². The zero-order chi connectivity index (χ0) is 17.4. The monoisotopic (exact) mass is 355 g/mol. The van der Waals surface area contributed by atoms with Gasteiger partial charge < -0.3 is 4.52 Å². The first-order chi connectivity index (χ1) is 12.1. The summed E-state index contributed by atoms with van der Waals surface area (Å²) in [5.41, 5.74) is 2.21. The first kappa shape index (κ1) is 15.5. The maximum absolute atomic E-state index is 13.9. The van der Waals surface area contributed by atoms with Crippen LogP contribution in [0.5, 0.6) is 0 Å². The lowest BCUT2D eigenvalue weighted by Crippen LogP contribution is -1.98. The van der Waals surface area contributed by atoms with E-state index in [1.807, 2.05) is 19.1 Å². The van der Waals surface area contributed by atoms with Crippen molar-refractivity contribution in [1.82, 2.24) is 25.1 Å². The Morgan fingerprint density at radius 1 is 1.08 bits per heavy atom. The Morgan fingerprint density at radius 2 is 1.84 bits per heavy atom. The summed E-state index contributed by atoms with van der Waals surface area (Å²) in [6, 6.07) is 13.4. The maximum atomic E-state index is 13.9. The largest absolute Gasteiger partial charge is 0.332 e. The van der Waals surface area contributed by atoms with Gasteiger partial charge in [-0.15, -0.1) is 5.10 Å². The van der Waals surface area contributed by atoms with E-state index in [0.29, 0.717) is 16.4 Å². The predicted octanol–water partition coefficient (Wildman–Crippen LogP) is 4.09. The summed E-state index contributed by atoms with van der Waals surface area (Å²) in [6.45, 7) is 1.83. The minimum absolute atomic E-state index is 0.161. The third-order valence-electron chi connectivity index (χ3n) is 3.71. The van der Waals surface area contributed by atoms with E-state index in [1.165, 1.54) is 6.07 Å². The van der Waals surface area contributed by atoms with Crippen molar-refractivity contribution in [3.05, 3.63) is 65.1 Å². The fraction of sp³-hybridized carbons (Fsp3) is 0.0588. The number of rotatable bonds is 3. The van der Waals surface area contributed by atoms with Crippen LogP contribution < -0.4 is 0 Å². The molecule has 0 N–H and O–H groups in total. The molecular formula is C17H11ClFN5O. The molecule has 4 aromatic rings. The van der Waals surface area contributed by atoms with Crippen LogP contribution in [0.1, 0.15) is 5.69 Å². The highest BCUT2D eigenvalue weighted by molar-refractivity contribution is 6.30. The van der Waals surface area contributed by atoms with Crippen LogP contribution in [0.4, 0.5) is 4.39 Å². The van der Waals surface area contributed by atoms with Crippen LogP contribution >= 0.6 is 11.6 Å². The Hall–Kier alpha value is -3.06. The van der Waals surface area contributed by atoms with E-state index in [2.05, 4.69) is 20.5 Å². The fourth-order valence-electron chi connectivity index (χ4n) is 2.43. The maximum Gasteiger partial charge on any atom is 0.280 e. The van der Waals surface area contributed by atoms with Gasteiger partial charge >= 0.3 is 0 Å². The van der Waals surface area contributed by atoms with Crippen molar-refractivity contribution in [2.24, 2.45) is 0 Å². The van der Waals surface area contributed by atoms with E-state index in [-0.39, 0.29) is 17.3 Å². The van der Waals surface area contributed by atoms with Crippen LogP contribution in [-0.2, 0) is 0 Å². The lowest BCUT2D eigenvalue weighted by molar-refractivity contribution is 0.430. The molecule has 0 aliphatic rings. The molecule has 2 heterocycles. The van der Waals surface area contributed by atoms with Gasteiger partial charge in [0, 0.05) is 5.02 Å². The van der Waals surface area contributed by atoms with E-state index < -0.39 is 5.82 Å². The molecule has 6 nitrogen and oxygen atoms in total. The molecule has 25 heavy (non-hydrogen) atoms. The van der Waals surface area contributed by atoms with Gasteiger partial charge in [0.2, 0.25) is 5.82 Å². The number of nitrogens with zero attached hydrogens (tertiary/aromatic N) is 5. The molecule has 0 bridgehead atoms. The Morgan fingerprint density at radius 3 is 2.60 bits per heavy atom. The summed E-state index contributed by atoms with van der Waals surface area (Å²) >= 11 is 5.90. The minimum atomic E-state index is -0.420. The fourth-order valence-corrected chi connectivity index (χ4v) is 2.55. The van der Waals surface area contributed by atoms with Crippen molar-refractivity contribution in [2.75, 3.05) is 0 Å². The van der Waals surface area contributed by atoms with Crippen LogP contribution in [0.15, 0.2) is 53.1 Å². The molecule has 124 valence electrons. The summed E-state index contributed by atoms with van der Waals surface area (Å²) in [4.78, 5) is 4.24. The molecule has 0 aliphatic carbocycles. The molecule has 0 spiro atoms. The van der Waals surface area contributed by atoms with Gasteiger partial charge in [0.25, 0.3) is 5.89 Å². The summed E-state index contributed by atoms with van der Waals surface area (Å²) < 4.78 is 20.7. The molecule has 2 aromatic carbocycles. The quantitative estimate of drug-likeness (QED) is 0.553. The molecule has 0 unspecified atom stereocenters. The lowest BCUT2D eigenvalue weighted by atomic mass is 10.2. The third-order valence-corrected chi connectivity index (χ3v) is 3.96. The van der Waals surface area contributed by atoms with Gasteiger partial charge in [-0.3, -0.25) is 0 Å². The summed E-state index contributed by atoms with van der Waals surface area (Å²) in [6.07, 6.45) is 0. The van der Waals surface area contributed by atoms with Gasteiger partial charge in [0.05, 0.1) is 16.9 Å². The molecule has 0 atom stereocenters. The van der Waals surface area contributed by atoms with Crippen molar-refractivity contribution < 1.29 is 8.91 Å². The third kappa shape index (κ3) is 2.78. The Labute approximate surface area is 146 Å². The molecular weight excluding hydrogens is 345 g/mol. The summed E-state index contributed by atoms with van der Waals surface area (Å²) in [5, 5.41) is 12.7. The van der Waals surface area contributed by atoms with Gasteiger partial charge in [0.1, 0.15) is 5.82 Å². The molecule has 0 saturated carbocycles. The molecule has 8 heteroatoms. The lowest BCUT2D eigenvalue weighted by Gasteiger charge is -2.02. The average molecular weight is 356 g/mol. The highest BCUT2D eigenvalue weighted by atomic mass is 35.5. The van der Waals surface area contributed by atoms with Gasteiger partial charge in [-0.25, -0.2) is 9.07 Å². The smallest absolute Gasteiger partial charge is 0.280 e. The van der Waals surface area contributed by atoms with Crippen molar-refractivity contribution in [2.45, 2.75) is 6.92 Å². The van der Waals surface area contributed by atoms with Gasteiger partial charge in [0.15, 0.2) is 5.69 Å². The standard InChI is InChI=1S/C17H11ClFN5O/c1-10-15(21-23-24(10)12-8-6-11(18)7-9-12)17-20-16(22-25-17)13-4-2-3-5-14(13)19/h2-9H,1H3. The molecule has 0 fully saturated rings. The highest BCUT2D eigenvalue weighted by Crippen LogP contribution is 2.25.